The van der Waals surface area contributed by atoms with Gasteiger partial charge >= 0.3 is 11.9 Å². The lowest BCUT2D eigenvalue weighted by Gasteiger charge is -2.29. The molecule has 1 aliphatic rings. The highest BCUT2D eigenvalue weighted by atomic mass is 79.9. The maximum atomic E-state index is 13.6. The van der Waals surface area contributed by atoms with Crippen molar-refractivity contribution in [1.29, 1.82) is 0 Å². The van der Waals surface area contributed by atoms with Gasteiger partial charge in [0.25, 0.3) is 5.79 Å². The van der Waals surface area contributed by atoms with E-state index in [1.807, 2.05) is 0 Å². The molecule has 1 fully saturated rings. The maximum Gasteiger partial charge on any atom is 0.350 e. The maximum absolute atomic E-state index is 13.6. The molecule has 8 heteroatoms. The fourth-order valence-corrected chi connectivity index (χ4v) is 1.88. The molecule has 0 radical (unpaired) electrons. The van der Waals surface area contributed by atoms with Gasteiger partial charge in [-0.25, -0.2) is 18.4 Å². The number of anilines is 1. The van der Waals surface area contributed by atoms with E-state index in [0.29, 0.717) is 0 Å². The number of nitrogens with one attached hydrogen (secondary N) is 1. The second-order valence-corrected chi connectivity index (χ2v) is 5.48. The zero-order valence-corrected chi connectivity index (χ0v) is 12.6. The second kappa shape index (κ2) is 5.44. The molecule has 5 nitrogen and oxygen atoms in total. The number of halogens is 3. The molecule has 1 aliphatic heterocycles. The molecular weight excluding hydrogens is 352 g/mol. The van der Waals surface area contributed by atoms with Gasteiger partial charge in [-0.05, 0) is 22.0 Å². The Kier molecular flexibility index (Phi) is 3.99. The summed E-state index contributed by atoms with van der Waals surface area (Å²) in [5.74, 6) is -4.66. The third-order valence-electron chi connectivity index (χ3n) is 2.50. The van der Waals surface area contributed by atoms with Crippen molar-refractivity contribution in [3.63, 3.8) is 0 Å². The van der Waals surface area contributed by atoms with Crippen LogP contribution in [-0.2, 0) is 19.1 Å². The SMILES string of the molecule is CC1(C)OC(=O)C(=CNc2cc(F)c(Br)cc2F)C(=O)O1. The first-order chi connectivity index (χ1) is 9.69. The Morgan fingerprint density at radius 2 is 1.71 bits per heavy atom. The van der Waals surface area contributed by atoms with Crippen LogP contribution in [0.4, 0.5) is 14.5 Å². The van der Waals surface area contributed by atoms with Crippen LogP contribution in [0.25, 0.3) is 0 Å². The van der Waals surface area contributed by atoms with Crippen LogP contribution in [0.15, 0.2) is 28.4 Å². The number of benzene rings is 1. The average molecular weight is 362 g/mol. The average Bonchev–Trinajstić information content (AvgIpc) is 2.32. The first kappa shape index (κ1) is 15.4. The number of rotatable bonds is 2. The van der Waals surface area contributed by atoms with E-state index < -0.39 is 34.9 Å². The molecule has 2 rings (SSSR count). The molecule has 1 saturated heterocycles. The van der Waals surface area contributed by atoms with Gasteiger partial charge in [-0.3, -0.25) is 0 Å². The van der Waals surface area contributed by atoms with Crippen LogP contribution in [0.3, 0.4) is 0 Å². The monoisotopic (exact) mass is 361 g/mol. The number of carbonyl (C=O) groups excluding carboxylic acids is 2. The minimum Gasteiger partial charge on any atom is -0.419 e. The summed E-state index contributed by atoms with van der Waals surface area (Å²) in [7, 11) is 0. The molecule has 0 unspecified atom stereocenters. The van der Waals surface area contributed by atoms with Gasteiger partial charge in [0.15, 0.2) is 5.57 Å². The van der Waals surface area contributed by atoms with E-state index >= 15 is 0 Å². The Labute approximate surface area is 127 Å². The van der Waals surface area contributed by atoms with E-state index in [1.165, 1.54) is 13.8 Å². The molecule has 0 spiro atoms. The van der Waals surface area contributed by atoms with E-state index in [-0.39, 0.29) is 10.2 Å². The molecule has 0 aliphatic carbocycles. The summed E-state index contributed by atoms with van der Waals surface area (Å²) in [6, 6.07) is 1.79. The van der Waals surface area contributed by atoms with Gasteiger partial charge < -0.3 is 14.8 Å². The quantitative estimate of drug-likeness (QED) is 0.379. The predicted molar refractivity (Wildman–Crippen MR) is 72.0 cm³/mol. The van der Waals surface area contributed by atoms with Gasteiger partial charge in [0.05, 0.1) is 10.2 Å². The lowest BCUT2D eigenvalue weighted by Crippen LogP contribution is -2.42. The normalized spacial score (nSPS) is 17.1. The molecule has 1 aromatic carbocycles. The van der Waals surface area contributed by atoms with E-state index in [0.717, 1.165) is 18.3 Å². The molecule has 0 bridgehead atoms. The Hall–Kier alpha value is -1.96. The van der Waals surface area contributed by atoms with Crippen LogP contribution in [0.2, 0.25) is 0 Å². The molecule has 1 N–H and O–H groups in total. The van der Waals surface area contributed by atoms with Gasteiger partial charge in [-0.2, -0.15) is 0 Å². The fraction of sp³-hybridized carbons (Fsp3) is 0.231. The Bertz CT molecular complexity index is 636. The zero-order valence-electron chi connectivity index (χ0n) is 11.0. The molecule has 112 valence electrons. The third-order valence-corrected chi connectivity index (χ3v) is 3.11. The largest absolute Gasteiger partial charge is 0.419 e. The Balaban J connectivity index is 2.24. The van der Waals surface area contributed by atoms with Crippen LogP contribution in [-0.4, -0.2) is 17.7 Å². The van der Waals surface area contributed by atoms with Crippen molar-refractivity contribution < 1.29 is 27.8 Å². The van der Waals surface area contributed by atoms with Crippen molar-refractivity contribution in [2.24, 2.45) is 0 Å². The number of cyclic esters (lactones) is 2. The molecule has 1 aromatic rings. The molecule has 0 aromatic heterocycles. The number of ether oxygens (including phenoxy) is 2. The summed E-state index contributed by atoms with van der Waals surface area (Å²) >= 11 is 2.83. The Morgan fingerprint density at radius 3 is 2.29 bits per heavy atom. The summed E-state index contributed by atoms with van der Waals surface area (Å²) < 4.78 is 36.6. The lowest BCUT2D eigenvalue weighted by atomic mass is 10.2. The van der Waals surface area contributed by atoms with Gasteiger partial charge in [0, 0.05) is 26.1 Å². The molecule has 21 heavy (non-hydrogen) atoms. The van der Waals surface area contributed by atoms with Crippen LogP contribution in [0, 0.1) is 11.6 Å². The summed E-state index contributed by atoms with van der Waals surface area (Å²) in [4.78, 5) is 23.3. The summed E-state index contributed by atoms with van der Waals surface area (Å²) in [5.41, 5.74) is -0.689. The first-order valence-electron chi connectivity index (χ1n) is 5.77. The van der Waals surface area contributed by atoms with E-state index in [4.69, 9.17) is 9.47 Å². The number of hydrogen-bond donors (Lipinski definition) is 1. The van der Waals surface area contributed by atoms with Crippen LogP contribution in [0.5, 0.6) is 0 Å². The van der Waals surface area contributed by atoms with Gasteiger partial charge in [0.1, 0.15) is 11.6 Å². The molecular formula is C13H10BrF2NO4. The van der Waals surface area contributed by atoms with E-state index in [2.05, 4.69) is 21.2 Å². The second-order valence-electron chi connectivity index (χ2n) is 4.63. The Morgan fingerprint density at radius 1 is 1.14 bits per heavy atom. The van der Waals surface area contributed by atoms with Crippen molar-refractivity contribution in [2.45, 2.75) is 19.6 Å². The summed E-state index contributed by atoms with van der Waals surface area (Å²) in [6.07, 6.45) is 0.908. The molecule has 0 atom stereocenters. The lowest BCUT2D eigenvalue weighted by molar-refractivity contribution is -0.222. The summed E-state index contributed by atoms with van der Waals surface area (Å²) in [6.45, 7) is 2.80. The van der Waals surface area contributed by atoms with Crippen molar-refractivity contribution >= 4 is 33.6 Å². The predicted octanol–water partition coefficient (Wildman–Crippen LogP) is 2.86. The van der Waals surface area contributed by atoms with Crippen molar-refractivity contribution in [2.75, 3.05) is 5.32 Å². The smallest absolute Gasteiger partial charge is 0.350 e. The van der Waals surface area contributed by atoms with E-state index in [9.17, 15) is 18.4 Å². The number of esters is 2. The minimum atomic E-state index is -1.36. The molecule has 1 heterocycles. The van der Waals surface area contributed by atoms with Crippen LogP contribution in [0.1, 0.15) is 13.8 Å². The van der Waals surface area contributed by atoms with Crippen molar-refractivity contribution in [3.05, 3.63) is 40.0 Å². The van der Waals surface area contributed by atoms with Crippen molar-refractivity contribution in [1.82, 2.24) is 0 Å². The van der Waals surface area contributed by atoms with Crippen LogP contribution >= 0.6 is 15.9 Å². The van der Waals surface area contributed by atoms with Crippen LogP contribution < -0.4 is 5.32 Å². The highest BCUT2D eigenvalue weighted by molar-refractivity contribution is 9.10. The highest BCUT2D eigenvalue weighted by Gasteiger charge is 2.38. The third kappa shape index (κ3) is 3.38. The highest BCUT2D eigenvalue weighted by Crippen LogP contribution is 2.25. The molecule has 0 amide bonds. The van der Waals surface area contributed by atoms with Crippen molar-refractivity contribution in [3.8, 4) is 0 Å². The zero-order chi connectivity index (χ0) is 15.8. The fourth-order valence-electron chi connectivity index (χ4n) is 1.56. The first-order valence-corrected chi connectivity index (χ1v) is 6.57. The van der Waals surface area contributed by atoms with Gasteiger partial charge in [-0.1, -0.05) is 0 Å². The number of hydrogen-bond acceptors (Lipinski definition) is 5. The van der Waals surface area contributed by atoms with Gasteiger partial charge in [0.2, 0.25) is 0 Å². The standard InChI is InChI=1S/C13H10BrF2NO4/c1-13(2)20-11(18)6(12(19)21-13)5-17-10-4-8(15)7(14)3-9(10)16/h3-5,17H,1-2H3. The minimum absolute atomic E-state index is 0.0450. The number of carbonyl (C=O) groups is 2. The summed E-state index contributed by atoms with van der Waals surface area (Å²) in [5, 5.41) is 2.34. The molecule has 0 saturated carbocycles. The van der Waals surface area contributed by atoms with Gasteiger partial charge in [-0.15, -0.1) is 0 Å². The van der Waals surface area contributed by atoms with E-state index in [1.54, 1.807) is 0 Å². The topological polar surface area (TPSA) is 64.6 Å².